The Labute approximate surface area is 179 Å². The largest absolute Gasteiger partial charge is 0.449 e. The predicted molar refractivity (Wildman–Crippen MR) is 111 cm³/mol. The van der Waals surface area contributed by atoms with Crippen molar-refractivity contribution in [2.24, 2.45) is 17.6 Å². The van der Waals surface area contributed by atoms with Crippen LogP contribution in [0.5, 0.6) is 0 Å². The molecule has 0 aliphatic carbocycles. The lowest BCUT2D eigenvalue weighted by atomic mass is 9.94. The van der Waals surface area contributed by atoms with Crippen molar-refractivity contribution < 1.29 is 18.7 Å². The molecule has 2 atom stereocenters. The minimum atomic E-state index is -0.681. The van der Waals surface area contributed by atoms with Crippen molar-refractivity contribution in [3.8, 4) is 6.07 Å². The smallest absolute Gasteiger partial charge is 0.409 e. The molecule has 1 aliphatic heterocycles. The molecule has 0 saturated carbocycles. The van der Waals surface area contributed by atoms with Crippen LogP contribution in [0.15, 0.2) is 30.5 Å². The maximum atomic E-state index is 13.1. The molecule has 2 unspecified atom stereocenters. The van der Waals surface area contributed by atoms with Gasteiger partial charge >= 0.3 is 6.09 Å². The number of hydrogen-bond acceptors (Lipinski definition) is 6. The van der Waals surface area contributed by atoms with Crippen molar-refractivity contribution in [3.05, 3.63) is 41.8 Å². The molecule has 1 fully saturated rings. The van der Waals surface area contributed by atoms with Gasteiger partial charge in [-0.1, -0.05) is 13.8 Å². The van der Waals surface area contributed by atoms with Gasteiger partial charge in [-0.2, -0.15) is 10.4 Å². The summed E-state index contributed by atoms with van der Waals surface area (Å²) in [4.78, 5) is 25.7. The van der Waals surface area contributed by atoms with Gasteiger partial charge in [-0.05, 0) is 36.6 Å². The summed E-state index contributed by atoms with van der Waals surface area (Å²) in [6.07, 6.45) is 1.52. The topological polar surface area (TPSA) is 126 Å². The van der Waals surface area contributed by atoms with Crippen molar-refractivity contribution in [2.45, 2.75) is 26.3 Å². The Balaban J connectivity index is 1.77. The first kappa shape index (κ1) is 22.1. The van der Waals surface area contributed by atoms with E-state index in [2.05, 4.69) is 16.5 Å². The zero-order valence-corrected chi connectivity index (χ0v) is 17.4. The van der Waals surface area contributed by atoms with Gasteiger partial charge < -0.3 is 20.7 Å². The lowest BCUT2D eigenvalue weighted by Crippen LogP contribution is -2.44. The van der Waals surface area contributed by atoms with Crippen LogP contribution in [0.3, 0.4) is 0 Å². The molecule has 1 aliphatic rings. The summed E-state index contributed by atoms with van der Waals surface area (Å²) >= 11 is 0. The van der Waals surface area contributed by atoms with Gasteiger partial charge in [0.15, 0.2) is 5.82 Å². The summed E-state index contributed by atoms with van der Waals surface area (Å²) in [5.41, 5.74) is 6.18. The number of halogens is 1. The van der Waals surface area contributed by atoms with E-state index >= 15 is 0 Å². The minimum Gasteiger partial charge on any atom is -0.449 e. The standard InChI is InChI=1S/C21H25FN6O3/c1-13(2)12-31-21(30)27-8-7-18(14(9-23)10-27)28-11-17(19(24)29)20(26-28)25-16-5-3-15(22)4-6-16/h3-6,11,13-14,18H,7-8,10,12H2,1-2H3,(H2,24,29)(H,25,26). The van der Waals surface area contributed by atoms with Crippen molar-refractivity contribution in [2.75, 3.05) is 25.0 Å². The first-order valence-electron chi connectivity index (χ1n) is 10.0. The van der Waals surface area contributed by atoms with Crippen LogP contribution in [0, 0.1) is 29.0 Å². The van der Waals surface area contributed by atoms with Crippen LogP contribution in [-0.4, -0.2) is 46.4 Å². The number of hydrogen-bond donors (Lipinski definition) is 2. The van der Waals surface area contributed by atoms with E-state index in [1.165, 1.54) is 40.0 Å². The molecule has 10 heteroatoms. The Bertz CT molecular complexity index is 982. The summed E-state index contributed by atoms with van der Waals surface area (Å²) in [7, 11) is 0. The fourth-order valence-corrected chi connectivity index (χ4v) is 3.38. The summed E-state index contributed by atoms with van der Waals surface area (Å²) < 4.78 is 20.0. The van der Waals surface area contributed by atoms with Crippen LogP contribution in [0.25, 0.3) is 0 Å². The molecular weight excluding hydrogens is 403 g/mol. The molecule has 0 spiro atoms. The summed E-state index contributed by atoms with van der Waals surface area (Å²) in [6, 6.07) is 7.47. The van der Waals surface area contributed by atoms with E-state index in [9.17, 15) is 19.2 Å². The Hall–Kier alpha value is -3.61. The molecule has 3 rings (SSSR count). The number of ether oxygens (including phenoxy) is 1. The molecule has 9 nitrogen and oxygen atoms in total. The highest BCUT2D eigenvalue weighted by atomic mass is 19.1. The molecule has 0 bridgehead atoms. The lowest BCUT2D eigenvalue weighted by molar-refractivity contribution is 0.0703. The van der Waals surface area contributed by atoms with Crippen LogP contribution in [0.2, 0.25) is 0 Å². The van der Waals surface area contributed by atoms with E-state index in [1.54, 1.807) is 0 Å². The van der Waals surface area contributed by atoms with Gasteiger partial charge in [0.05, 0.1) is 24.6 Å². The monoisotopic (exact) mass is 428 g/mol. The number of nitriles is 1. The van der Waals surface area contributed by atoms with Gasteiger partial charge in [0.1, 0.15) is 11.4 Å². The molecule has 1 aromatic carbocycles. The third kappa shape index (κ3) is 5.31. The maximum Gasteiger partial charge on any atom is 0.409 e. The lowest BCUT2D eigenvalue weighted by Gasteiger charge is -2.34. The molecule has 2 aromatic rings. The second kappa shape index (κ2) is 9.47. The Morgan fingerprint density at radius 2 is 2.10 bits per heavy atom. The van der Waals surface area contributed by atoms with Gasteiger partial charge in [-0.15, -0.1) is 0 Å². The van der Waals surface area contributed by atoms with Gasteiger partial charge in [0, 0.05) is 25.0 Å². The van der Waals surface area contributed by atoms with Crippen molar-refractivity contribution in [1.82, 2.24) is 14.7 Å². The number of anilines is 2. The number of benzene rings is 1. The number of carbonyl (C=O) groups excluding carboxylic acids is 2. The number of nitrogens with zero attached hydrogens (tertiary/aromatic N) is 4. The molecule has 1 aromatic heterocycles. The van der Waals surface area contributed by atoms with E-state index in [4.69, 9.17) is 10.5 Å². The second-order valence-corrected chi connectivity index (χ2v) is 7.88. The van der Waals surface area contributed by atoms with Crippen LogP contribution in [-0.2, 0) is 4.74 Å². The Kier molecular flexibility index (Phi) is 6.74. The van der Waals surface area contributed by atoms with Gasteiger partial charge in [0.2, 0.25) is 0 Å². The number of rotatable bonds is 6. The number of piperidine rings is 1. The third-order valence-corrected chi connectivity index (χ3v) is 4.98. The summed E-state index contributed by atoms with van der Waals surface area (Å²) in [6.45, 7) is 4.80. The molecule has 1 saturated heterocycles. The van der Waals surface area contributed by atoms with Gasteiger partial charge in [-0.25, -0.2) is 9.18 Å². The zero-order chi connectivity index (χ0) is 22.5. The summed E-state index contributed by atoms with van der Waals surface area (Å²) in [5.74, 6) is -1.17. The van der Waals surface area contributed by atoms with Crippen LogP contribution >= 0.6 is 0 Å². The Morgan fingerprint density at radius 1 is 1.39 bits per heavy atom. The van der Waals surface area contributed by atoms with Crippen LogP contribution in [0.4, 0.5) is 20.7 Å². The fraction of sp³-hybridized carbons (Fsp3) is 0.429. The quantitative estimate of drug-likeness (QED) is 0.728. The number of nitrogens with two attached hydrogens (primary N) is 1. The molecule has 2 heterocycles. The van der Waals surface area contributed by atoms with E-state index in [0.29, 0.717) is 25.3 Å². The minimum absolute atomic E-state index is 0.153. The Morgan fingerprint density at radius 3 is 2.71 bits per heavy atom. The second-order valence-electron chi connectivity index (χ2n) is 7.88. The van der Waals surface area contributed by atoms with Crippen LogP contribution < -0.4 is 11.1 Å². The SMILES string of the molecule is CC(C)COC(=O)N1CCC(n2cc(C(N)=O)c(Nc3ccc(F)cc3)n2)C(C#N)C1. The van der Waals surface area contributed by atoms with Gasteiger partial charge in [-0.3, -0.25) is 9.48 Å². The molecular formula is C21H25FN6O3. The number of carbonyl (C=O) groups is 2. The average molecular weight is 428 g/mol. The molecule has 2 amide bonds. The maximum absolute atomic E-state index is 13.1. The number of likely N-dealkylation sites (tertiary alicyclic amines) is 1. The number of amides is 2. The molecule has 3 N–H and O–H groups in total. The molecule has 0 radical (unpaired) electrons. The number of nitrogens with one attached hydrogen (secondary N) is 1. The van der Waals surface area contributed by atoms with E-state index in [1.807, 2.05) is 13.8 Å². The summed E-state index contributed by atoms with van der Waals surface area (Å²) in [5, 5.41) is 17.1. The molecule has 164 valence electrons. The highest BCUT2D eigenvalue weighted by Gasteiger charge is 2.34. The van der Waals surface area contributed by atoms with Crippen LogP contribution in [0.1, 0.15) is 36.7 Å². The van der Waals surface area contributed by atoms with Gasteiger partial charge in [0.25, 0.3) is 5.91 Å². The third-order valence-electron chi connectivity index (χ3n) is 4.98. The molecule has 31 heavy (non-hydrogen) atoms. The highest BCUT2D eigenvalue weighted by Crippen LogP contribution is 2.30. The number of primary amides is 1. The first-order valence-corrected chi connectivity index (χ1v) is 10.0. The van der Waals surface area contributed by atoms with Crippen molar-refractivity contribution >= 4 is 23.5 Å². The fourth-order valence-electron chi connectivity index (χ4n) is 3.38. The predicted octanol–water partition coefficient (Wildman–Crippen LogP) is 3.04. The average Bonchev–Trinajstić information content (AvgIpc) is 3.17. The first-order chi connectivity index (χ1) is 14.8. The number of aromatic nitrogens is 2. The van der Waals surface area contributed by atoms with E-state index in [0.717, 1.165) is 0 Å². The zero-order valence-electron chi connectivity index (χ0n) is 17.4. The van der Waals surface area contributed by atoms with E-state index in [-0.39, 0.29) is 35.7 Å². The van der Waals surface area contributed by atoms with Crippen molar-refractivity contribution in [1.29, 1.82) is 5.26 Å². The van der Waals surface area contributed by atoms with E-state index < -0.39 is 17.9 Å². The normalized spacial score (nSPS) is 18.5. The van der Waals surface area contributed by atoms with Crippen molar-refractivity contribution in [3.63, 3.8) is 0 Å². The highest BCUT2D eigenvalue weighted by molar-refractivity contribution is 5.98.